The number of carbonyl (C=O) groups is 5. The Morgan fingerprint density at radius 2 is 1.48 bits per heavy atom. The Bertz CT molecular complexity index is 738. The Morgan fingerprint density at radius 3 is 1.97 bits per heavy atom. The smallest absolute Gasteiger partial charge is 0.325 e. The highest BCUT2D eigenvalue weighted by Gasteiger charge is 2.30. The van der Waals surface area contributed by atoms with E-state index in [4.69, 9.17) is 27.4 Å². The molecule has 0 aliphatic rings. The van der Waals surface area contributed by atoms with Crippen LogP contribution in [0.4, 0.5) is 0 Å². The Kier molecular flexibility index (Phi) is 13.1. The maximum absolute atomic E-state index is 12.9. The number of guanidine groups is 1. The monoisotopic (exact) mass is 473 g/mol. The highest BCUT2D eigenvalue weighted by Crippen LogP contribution is 2.07. The summed E-state index contributed by atoms with van der Waals surface area (Å²) in [6.45, 7) is 4.77. The number of aliphatic imine (C=N–C) groups is 1. The second kappa shape index (κ2) is 14.6. The topological polar surface area (TPSA) is 252 Å². The second-order valence-electron chi connectivity index (χ2n) is 7.85. The molecule has 11 N–H and O–H groups in total. The minimum Gasteiger partial charge on any atom is -0.481 e. The van der Waals surface area contributed by atoms with Crippen molar-refractivity contribution in [3.05, 3.63) is 0 Å². The molecular formula is C19H35N7O7. The molecule has 0 radical (unpaired) electrons. The Morgan fingerprint density at radius 1 is 0.879 bits per heavy atom. The number of carboxylic acid groups (broad SMARTS) is 2. The van der Waals surface area contributed by atoms with E-state index in [0.717, 1.165) is 0 Å². The summed E-state index contributed by atoms with van der Waals surface area (Å²) in [6.07, 6.45) is -0.0303. The number of carbonyl (C=O) groups excluding carboxylic acids is 3. The highest BCUT2D eigenvalue weighted by atomic mass is 16.4. The van der Waals surface area contributed by atoms with Crippen molar-refractivity contribution in [3.63, 3.8) is 0 Å². The molecule has 0 fully saturated rings. The van der Waals surface area contributed by atoms with E-state index < -0.39 is 59.7 Å². The average molecular weight is 474 g/mol. The van der Waals surface area contributed by atoms with Crippen LogP contribution in [0.1, 0.15) is 46.5 Å². The lowest BCUT2D eigenvalue weighted by Crippen LogP contribution is -2.58. The van der Waals surface area contributed by atoms with Crippen molar-refractivity contribution in [2.75, 3.05) is 6.54 Å². The standard InChI is InChI=1S/C19H35N7O7/c1-9(2)14(26-15(29)11(20)6-7-13(27)28)17(31)25-12(5-4-8-23-19(21)22)16(30)24-10(3)18(32)33/h9-12,14H,4-8,20H2,1-3H3,(H,24,30)(H,25,31)(H,26,29)(H,27,28)(H,32,33)(H4,21,22,23). The van der Waals surface area contributed by atoms with E-state index in [1.54, 1.807) is 13.8 Å². The molecule has 0 aliphatic carbocycles. The number of amides is 3. The van der Waals surface area contributed by atoms with Crippen LogP contribution in [0.25, 0.3) is 0 Å². The van der Waals surface area contributed by atoms with Crippen LogP contribution >= 0.6 is 0 Å². The quantitative estimate of drug-likeness (QED) is 0.0701. The molecule has 0 aliphatic heterocycles. The van der Waals surface area contributed by atoms with Crippen molar-refractivity contribution in [1.82, 2.24) is 16.0 Å². The van der Waals surface area contributed by atoms with E-state index in [2.05, 4.69) is 20.9 Å². The van der Waals surface area contributed by atoms with Crippen LogP contribution in [-0.2, 0) is 24.0 Å². The summed E-state index contributed by atoms with van der Waals surface area (Å²) in [5, 5.41) is 25.0. The van der Waals surface area contributed by atoms with E-state index >= 15 is 0 Å². The summed E-state index contributed by atoms with van der Waals surface area (Å²) in [4.78, 5) is 63.2. The zero-order chi connectivity index (χ0) is 25.7. The molecule has 0 aromatic heterocycles. The van der Waals surface area contributed by atoms with Gasteiger partial charge in [0.2, 0.25) is 17.7 Å². The van der Waals surface area contributed by atoms with E-state index in [9.17, 15) is 24.0 Å². The summed E-state index contributed by atoms with van der Waals surface area (Å²) < 4.78 is 0. The number of nitrogens with two attached hydrogens (primary N) is 3. The number of nitrogens with zero attached hydrogens (tertiary/aromatic N) is 1. The van der Waals surface area contributed by atoms with Gasteiger partial charge >= 0.3 is 11.9 Å². The predicted molar refractivity (Wildman–Crippen MR) is 119 cm³/mol. The van der Waals surface area contributed by atoms with Gasteiger partial charge < -0.3 is 43.4 Å². The number of nitrogens with one attached hydrogen (secondary N) is 3. The first-order chi connectivity index (χ1) is 15.3. The zero-order valence-corrected chi connectivity index (χ0v) is 19.0. The molecule has 0 saturated carbocycles. The van der Waals surface area contributed by atoms with Crippen LogP contribution < -0.4 is 33.2 Å². The van der Waals surface area contributed by atoms with Gasteiger partial charge in [-0.05, 0) is 32.1 Å². The van der Waals surface area contributed by atoms with E-state index in [0.29, 0.717) is 6.42 Å². The lowest BCUT2D eigenvalue weighted by Gasteiger charge is -2.26. The van der Waals surface area contributed by atoms with Gasteiger partial charge in [0.25, 0.3) is 0 Å². The average Bonchev–Trinajstić information content (AvgIpc) is 2.71. The van der Waals surface area contributed by atoms with Crippen LogP contribution in [0.3, 0.4) is 0 Å². The lowest BCUT2D eigenvalue weighted by atomic mass is 10.0. The Balaban J connectivity index is 5.34. The first-order valence-corrected chi connectivity index (χ1v) is 10.4. The third kappa shape index (κ3) is 12.3. The van der Waals surface area contributed by atoms with E-state index in [-0.39, 0.29) is 31.8 Å². The fourth-order valence-corrected chi connectivity index (χ4v) is 2.61. The molecule has 0 heterocycles. The first-order valence-electron chi connectivity index (χ1n) is 10.4. The number of hydrogen-bond donors (Lipinski definition) is 8. The molecule has 0 aromatic carbocycles. The third-order valence-electron chi connectivity index (χ3n) is 4.56. The first kappa shape index (κ1) is 29.6. The number of rotatable bonds is 15. The van der Waals surface area contributed by atoms with Crippen molar-refractivity contribution in [1.29, 1.82) is 0 Å². The van der Waals surface area contributed by atoms with E-state index in [1.165, 1.54) is 6.92 Å². The van der Waals surface area contributed by atoms with Crippen LogP contribution in [0.2, 0.25) is 0 Å². The molecule has 33 heavy (non-hydrogen) atoms. The summed E-state index contributed by atoms with van der Waals surface area (Å²) >= 11 is 0. The SMILES string of the molecule is CC(NC(=O)C(CCCN=C(N)N)NC(=O)C(NC(=O)C(N)CCC(=O)O)C(C)C)C(=O)O. The van der Waals surface area contributed by atoms with Crippen molar-refractivity contribution in [2.24, 2.45) is 28.1 Å². The van der Waals surface area contributed by atoms with Gasteiger partial charge in [0.1, 0.15) is 18.1 Å². The molecule has 188 valence electrons. The summed E-state index contributed by atoms with van der Waals surface area (Å²) in [7, 11) is 0. The van der Waals surface area contributed by atoms with Crippen molar-refractivity contribution in [2.45, 2.75) is 70.6 Å². The van der Waals surface area contributed by atoms with Crippen molar-refractivity contribution >= 4 is 35.6 Å². The molecular weight excluding hydrogens is 438 g/mol. The highest BCUT2D eigenvalue weighted by molar-refractivity contribution is 5.94. The minimum atomic E-state index is -1.25. The fraction of sp³-hybridized carbons (Fsp3) is 0.684. The van der Waals surface area contributed by atoms with Crippen molar-refractivity contribution < 1.29 is 34.2 Å². The summed E-state index contributed by atoms with van der Waals surface area (Å²) in [5.74, 6) is -5.02. The van der Waals surface area contributed by atoms with Gasteiger partial charge in [0, 0.05) is 13.0 Å². The maximum Gasteiger partial charge on any atom is 0.325 e. The van der Waals surface area contributed by atoms with Gasteiger partial charge in [-0.1, -0.05) is 13.8 Å². The second-order valence-corrected chi connectivity index (χ2v) is 7.85. The van der Waals surface area contributed by atoms with Crippen LogP contribution in [-0.4, -0.2) is 76.5 Å². The Hall–Kier alpha value is -3.42. The van der Waals surface area contributed by atoms with Crippen LogP contribution in [0, 0.1) is 5.92 Å². The fourth-order valence-electron chi connectivity index (χ4n) is 2.61. The molecule has 0 spiro atoms. The summed E-state index contributed by atoms with van der Waals surface area (Å²) in [6, 6.07) is -4.52. The van der Waals surface area contributed by atoms with Gasteiger partial charge in [0.15, 0.2) is 5.96 Å². The molecule has 0 aromatic rings. The molecule has 14 nitrogen and oxygen atoms in total. The molecule has 3 amide bonds. The number of hydrogen-bond acceptors (Lipinski definition) is 7. The van der Waals surface area contributed by atoms with Crippen molar-refractivity contribution in [3.8, 4) is 0 Å². The lowest BCUT2D eigenvalue weighted by molar-refractivity contribution is -0.142. The molecule has 0 bridgehead atoms. The van der Waals surface area contributed by atoms with E-state index in [1.807, 2.05) is 0 Å². The Labute approximate surface area is 191 Å². The van der Waals surface area contributed by atoms with Gasteiger partial charge in [-0.3, -0.25) is 29.0 Å². The van der Waals surface area contributed by atoms with Gasteiger partial charge in [-0.2, -0.15) is 0 Å². The molecule has 0 saturated heterocycles. The largest absolute Gasteiger partial charge is 0.481 e. The predicted octanol–water partition coefficient (Wildman–Crippen LogP) is -2.55. The molecule has 4 atom stereocenters. The van der Waals surface area contributed by atoms with Gasteiger partial charge in [-0.15, -0.1) is 0 Å². The molecule has 0 rings (SSSR count). The van der Waals surface area contributed by atoms with Crippen LogP contribution in [0.15, 0.2) is 4.99 Å². The van der Waals surface area contributed by atoms with Crippen LogP contribution in [0.5, 0.6) is 0 Å². The minimum absolute atomic E-state index is 0.0948. The molecule has 4 unspecified atom stereocenters. The third-order valence-corrected chi connectivity index (χ3v) is 4.56. The maximum atomic E-state index is 12.9. The van der Waals surface area contributed by atoms with Gasteiger partial charge in [0.05, 0.1) is 6.04 Å². The summed E-state index contributed by atoms with van der Waals surface area (Å²) in [5.41, 5.74) is 16.2. The number of carboxylic acids is 2. The van der Waals surface area contributed by atoms with Gasteiger partial charge in [-0.25, -0.2) is 0 Å². The number of aliphatic carboxylic acids is 2. The molecule has 14 heteroatoms. The normalized spacial score (nSPS) is 14.3. The zero-order valence-electron chi connectivity index (χ0n) is 19.0.